The zero-order valence-corrected chi connectivity index (χ0v) is 16.9. The first-order chi connectivity index (χ1) is 9.94. The Hall–Kier alpha value is -1.06. The van der Waals surface area contributed by atoms with E-state index in [0.717, 1.165) is 12.8 Å². The lowest BCUT2D eigenvalue weighted by Crippen LogP contribution is -2.50. The highest BCUT2D eigenvalue weighted by molar-refractivity contribution is 5.87. The molecule has 0 aromatic rings. The van der Waals surface area contributed by atoms with Gasteiger partial charge in [-0.2, -0.15) is 0 Å². The highest BCUT2D eigenvalue weighted by atomic mass is 16.2. The summed E-state index contributed by atoms with van der Waals surface area (Å²) in [6, 6.07) is 0. The first-order valence-corrected chi connectivity index (χ1v) is 8.53. The largest absolute Gasteiger partial charge is 0.350 e. The Labute approximate surface area is 143 Å². The predicted molar refractivity (Wildman–Crippen MR) is 97.2 cm³/mol. The van der Waals surface area contributed by atoms with Gasteiger partial charge < -0.3 is 10.6 Å². The van der Waals surface area contributed by atoms with E-state index in [4.69, 9.17) is 0 Å². The fourth-order valence-electron chi connectivity index (χ4n) is 3.60. The van der Waals surface area contributed by atoms with Crippen molar-refractivity contribution in [3.05, 3.63) is 0 Å². The molecule has 0 aromatic heterocycles. The topological polar surface area (TPSA) is 58.2 Å². The summed E-state index contributed by atoms with van der Waals surface area (Å²) in [5.74, 6) is -0.213. The molecule has 0 aliphatic carbocycles. The summed E-state index contributed by atoms with van der Waals surface area (Å²) >= 11 is 0. The molecule has 0 aromatic carbocycles. The summed E-state index contributed by atoms with van der Waals surface area (Å²) in [6.07, 6.45) is 1.64. The molecule has 0 spiro atoms. The minimum Gasteiger partial charge on any atom is -0.350 e. The van der Waals surface area contributed by atoms with Crippen molar-refractivity contribution in [2.24, 2.45) is 16.2 Å². The van der Waals surface area contributed by atoms with E-state index in [1.54, 1.807) is 0 Å². The van der Waals surface area contributed by atoms with E-state index in [0.29, 0.717) is 0 Å². The van der Waals surface area contributed by atoms with Gasteiger partial charge in [0.05, 0.1) is 6.54 Å². The average molecular weight is 327 g/mol. The van der Waals surface area contributed by atoms with Crippen LogP contribution in [-0.4, -0.2) is 23.9 Å². The van der Waals surface area contributed by atoms with Crippen LogP contribution >= 0.6 is 0 Å². The molecule has 23 heavy (non-hydrogen) atoms. The molecule has 0 atom stereocenters. The van der Waals surface area contributed by atoms with Crippen molar-refractivity contribution < 1.29 is 9.59 Å². The van der Waals surface area contributed by atoms with E-state index in [2.05, 4.69) is 52.2 Å². The first kappa shape index (κ1) is 21.9. The zero-order valence-electron chi connectivity index (χ0n) is 16.9. The minimum atomic E-state index is -0.487. The standard InChI is InChI=1S/C19H38N2O2/c1-16(2,3)12-18(7,8)15(23)20-11-14(22)21-19(9,10)13-17(4,5)6/h11-13H2,1-10H3,(H,20,23)(H,21,22). The van der Waals surface area contributed by atoms with Gasteiger partial charge in [0, 0.05) is 11.0 Å². The van der Waals surface area contributed by atoms with Gasteiger partial charge in [0.25, 0.3) is 0 Å². The smallest absolute Gasteiger partial charge is 0.239 e. The van der Waals surface area contributed by atoms with Crippen molar-refractivity contribution in [2.45, 2.75) is 87.6 Å². The fraction of sp³-hybridized carbons (Fsp3) is 0.895. The van der Waals surface area contributed by atoms with E-state index in [1.165, 1.54) is 0 Å². The van der Waals surface area contributed by atoms with Crippen LogP contribution in [0.15, 0.2) is 0 Å². The second-order valence-corrected chi connectivity index (χ2v) is 10.5. The molecule has 0 heterocycles. The van der Waals surface area contributed by atoms with Gasteiger partial charge in [0.15, 0.2) is 0 Å². The van der Waals surface area contributed by atoms with Crippen molar-refractivity contribution in [1.82, 2.24) is 10.6 Å². The second kappa shape index (κ2) is 7.23. The molecule has 0 aliphatic rings. The van der Waals surface area contributed by atoms with Gasteiger partial charge in [-0.1, -0.05) is 55.4 Å². The quantitative estimate of drug-likeness (QED) is 0.778. The number of amides is 2. The van der Waals surface area contributed by atoms with Crippen LogP contribution in [0.25, 0.3) is 0 Å². The third kappa shape index (κ3) is 10.4. The summed E-state index contributed by atoms with van der Waals surface area (Å²) in [5, 5.41) is 5.79. The van der Waals surface area contributed by atoms with Crippen molar-refractivity contribution in [1.29, 1.82) is 0 Å². The Morgan fingerprint density at radius 2 is 1.17 bits per heavy atom. The van der Waals surface area contributed by atoms with E-state index in [-0.39, 0.29) is 34.7 Å². The maximum Gasteiger partial charge on any atom is 0.239 e. The Balaban J connectivity index is 4.52. The number of carbonyl (C=O) groups excluding carboxylic acids is 2. The van der Waals surface area contributed by atoms with Crippen molar-refractivity contribution in [2.75, 3.05) is 6.54 Å². The number of carbonyl (C=O) groups is 2. The Morgan fingerprint density at radius 3 is 1.57 bits per heavy atom. The van der Waals surface area contributed by atoms with Gasteiger partial charge in [-0.15, -0.1) is 0 Å². The van der Waals surface area contributed by atoms with Gasteiger partial charge in [0.1, 0.15) is 0 Å². The maximum absolute atomic E-state index is 12.4. The molecular weight excluding hydrogens is 288 g/mol. The molecule has 0 radical (unpaired) electrons. The fourth-order valence-corrected chi connectivity index (χ4v) is 3.60. The van der Waals surface area contributed by atoms with Crippen molar-refractivity contribution in [3.63, 3.8) is 0 Å². The Morgan fingerprint density at radius 1 is 0.739 bits per heavy atom. The van der Waals surface area contributed by atoms with Gasteiger partial charge in [-0.25, -0.2) is 0 Å². The molecule has 2 amide bonds. The van der Waals surface area contributed by atoms with Crippen molar-refractivity contribution >= 4 is 11.8 Å². The molecule has 0 rings (SSSR count). The van der Waals surface area contributed by atoms with Crippen LogP contribution in [0, 0.1) is 16.2 Å². The minimum absolute atomic E-state index is 0.0278. The molecule has 0 fully saturated rings. The molecule has 0 saturated carbocycles. The third-order valence-electron chi connectivity index (χ3n) is 3.45. The number of hydrogen-bond acceptors (Lipinski definition) is 2. The lowest BCUT2D eigenvalue weighted by molar-refractivity contribution is -0.133. The van der Waals surface area contributed by atoms with Crippen molar-refractivity contribution in [3.8, 4) is 0 Å². The van der Waals surface area contributed by atoms with Gasteiger partial charge in [-0.3, -0.25) is 9.59 Å². The number of nitrogens with one attached hydrogen (secondary N) is 2. The molecule has 136 valence electrons. The highest BCUT2D eigenvalue weighted by Gasteiger charge is 2.33. The summed E-state index contributed by atoms with van der Waals surface area (Å²) in [7, 11) is 0. The Kier molecular flexibility index (Phi) is 6.89. The zero-order chi connectivity index (χ0) is 18.7. The van der Waals surface area contributed by atoms with E-state index in [9.17, 15) is 9.59 Å². The molecule has 0 aliphatic heterocycles. The average Bonchev–Trinajstić information content (AvgIpc) is 2.17. The summed E-state index contributed by atoms with van der Waals surface area (Å²) in [6.45, 7) is 20.7. The molecule has 4 nitrogen and oxygen atoms in total. The predicted octanol–water partition coefficient (Wildman–Crippen LogP) is 3.90. The molecule has 0 unspecified atom stereocenters. The SMILES string of the molecule is CC(C)(C)CC(C)(C)NC(=O)CNC(=O)C(C)(C)CC(C)(C)C. The van der Waals surface area contributed by atoms with E-state index >= 15 is 0 Å². The maximum atomic E-state index is 12.4. The first-order valence-electron chi connectivity index (χ1n) is 8.53. The normalized spacial score (nSPS) is 13.7. The van der Waals surface area contributed by atoms with Crippen LogP contribution in [0.5, 0.6) is 0 Å². The molecule has 2 N–H and O–H groups in total. The molecule has 0 saturated heterocycles. The molecule has 4 heteroatoms. The van der Waals surface area contributed by atoms with E-state index in [1.807, 2.05) is 27.7 Å². The lowest BCUT2D eigenvalue weighted by Gasteiger charge is -2.34. The summed E-state index contributed by atoms with van der Waals surface area (Å²) < 4.78 is 0. The summed E-state index contributed by atoms with van der Waals surface area (Å²) in [4.78, 5) is 24.5. The molecule has 0 bridgehead atoms. The second-order valence-electron chi connectivity index (χ2n) is 10.5. The van der Waals surface area contributed by atoms with Crippen LogP contribution in [0.2, 0.25) is 0 Å². The van der Waals surface area contributed by atoms with Gasteiger partial charge in [-0.05, 0) is 37.5 Å². The lowest BCUT2D eigenvalue weighted by atomic mass is 9.76. The number of hydrogen-bond donors (Lipinski definition) is 2. The monoisotopic (exact) mass is 326 g/mol. The van der Waals surface area contributed by atoms with Crippen LogP contribution in [0.4, 0.5) is 0 Å². The van der Waals surface area contributed by atoms with Crippen LogP contribution < -0.4 is 10.6 Å². The summed E-state index contributed by atoms with van der Waals surface area (Å²) in [5.41, 5.74) is -0.576. The van der Waals surface area contributed by atoms with Crippen LogP contribution in [-0.2, 0) is 9.59 Å². The van der Waals surface area contributed by atoms with Gasteiger partial charge in [0.2, 0.25) is 11.8 Å². The van der Waals surface area contributed by atoms with Crippen LogP contribution in [0.3, 0.4) is 0 Å². The van der Waals surface area contributed by atoms with E-state index < -0.39 is 5.41 Å². The number of rotatable bonds is 6. The van der Waals surface area contributed by atoms with Crippen LogP contribution in [0.1, 0.15) is 82.1 Å². The highest BCUT2D eigenvalue weighted by Crippen LogP contribution is 2.33. The molecular formula is C19H38N2O2. The Bertz CT molecular complexity index is 424. The van der Waals surface area contributed by atoms with Gasteiger partial charge >= 0.3 is 0 Å². The third-order valence-corrected chi connectivity index (χ3v) is 3.45.